The molecule has 0 fully saturated rings. The van der Waals surface area contributed by atoms with Crippen molar-refractivity contribution in [2.75, 3.05) is 11.9 Å². The number of rotatable bonds is 5. The van der Waals surface area contributed by atoms with E-state index in [9.17, 15) is 4.79 Å². The summed E-state index contributed by atoms with van der Waals surface area (Å²) in [5, 5.41) is 10.4. The van der Waals surface area contributed by atoms with Crippen LogP contribution >= 0.6 is 0 Å². The number of nitrogens with one attached hydrogen (secondary N) is 1. The Morgan fingerprint density at radius 2 is 1.87 bits per heavy atom. The van der Waals surface area contributed by atoms with Crippen LogP contribution in [-0.2, 0) is 0 Å². The fourth-order valence-corrected chi connectivity index (χ4v) is 2.15. The van der Waals surface area contributed by atoms with E-state index >= 15 is 0 Å². The molecule has 0 aliphatic rings. The van der Waals surface area contributed by atoms with Crippen molar-refractivity contribution in [1.29, 1.82) is 0 Å². The lowest BCUT2D eigenvalue weighted by molar-refractivity contribution is 0.102. The highest BCUT2D eigenvalue weighted by atomic mass is 16.5. The van der Waals surface area contributed by atoms with Crippen LogP contribution in [0.4, 0.5) is 5.69 Å². The minimum atomic E-state index is -0.177. The van der Waals surface area contributed by atoms with E-state index in [1.165, 1.54) is 0 Å². The van der Waals surface area contributed by atoms with Gasteiger partial charge in [0.25, 0.3) is 5.91 Å². The molecule has 0 atom stereocenters. The summed E-state index contributed by atoms with van der Waals surface area (Å²) in [4.78, 5) is 12.4. The average Bonchev–Trinajstić information content (AvgIpc) is 3.12. The molecule has 1 N–H and O–H groups in total. The SMILES string of the molecule is CCOc1ccc(NC(=O)c2cccc(-n3cnnc3)c2)cc1. The summed E-state index contributed by atoms with van der Waals surface area (Å²) >= 11 is 0. The van der Waals surface area contributed by atoms with Gasteiger partial charge in [0, 0.05) is 16.9 Å². The first kappa shape index (κ1) is 14.8. The van der Waals surface area contributed by atoms with Crippen molar-refractivity contribution in [3.8, 4) is 11.4 Å². The number of amides is 1. The molecule has 1 aromatic heterocycles. The summed E-state index contributed by atoms with van der Waals surface area (Å²) in [6.07, 6.45) is 3.17. The Bertz CT molecular complexity index is 783. The topological polar surface area (TPSA) is 69.0 Å². The number of aromatic nitrogens is 3. The van der Waals surface area contributed by atoms with E-state index in [1.807, 2.05) is 43.3 Å². The van der Waals surface area contributed by atoms with Gasteiger partial charge in [0.05, 0.1) is 6.61 Å². The second-order valence-electron chi connectivity index (χ2n) is 4.83. The first-order valence-corrected chi connectivity index (χ1v) is 7.25. The second kappa shape index (κ2) is 6.74. The van der Waals surface area contributed by atoms with Gasteiger partial charge in [-0.05, 0) is 49.4 Å². The Morgan fingerprint density at radius 3 is 2.57 bits per heavy atom. The molecule has 1 heterocycles. The van der Waals surface area contributed by atoms with Crippen LogP contribution in [0, 0.1) is 0 Å². The standard InChI is InChI=1S/C17H16N4O2/c1-2-23-16-8-6-14(7-9-16)20-17(22)13-4-3-5-15(10-13)21-11-18-19-12-21/h3-12H,2H2,1H3,(H,20,22). The van der Waals surface area contributed by atoms with Crippen molar-refractivity contribution in [3.63, 3.8) is 0 Å². The number of benzene rings is 2. The fraction of sp³-hybridized carbons (Fsp3) is 0.118. The van der Waals surface area contributed by atoms with Crippen molar-refractivity contribution in [2.45, 2.75) is 6.92 Å². The number of hydrogen-bond acceptors (Lipinski definition) is 4. The lowest BCUT2D eigenvalue weighted by Crippen LogP contribution is -2.12. The quantitative estimate of drug-likeness (QED) is 0.787. The molecule has 1 amide bonds. The van der Waals surface area contributed by atoms with Gasteiger partial charge in [0.2, 0.25) is 0 Å². The molecule has 3 rings (SSSR count). The minimum absolute atomic E-state index is 0.177. The van der Waals surface area contributed by atoms with Gasteiger partial charge in [-0.3, -0.25) is 9.36 Å². The Morgan fingerprint density at radius 1 is 1.13 bits per heavy atom. The Hall–Kier alpha value is -3.15. The largest absolute Gasteiger partial charge is 0.494 e. The molecule has 0 unspecified atom stereocenters. The molecule has 0 bridgehead atoms. The summed E-state index contributed by atoms with van der Waals surface area (Å²) in [6.45, 7) is 2.54. The monoisotopic (exact) mass is 308 g/mol. The van der Waals surface area contributed by atoms with Crippen molar-refractivity contribution < 1.29 is 9.53 Å². The molecule has 116 valence electrons. The maximum absolute atomic E-state index is 12.4. The van der Waals surface area contributed by atoms with Crippen molar-refractivity contribution >= 4 is 11.6 Å². The summed E-state index contributed by atoms with van der Waals surface area (Å²) in [6, 6.07) is 14.5. The van der Waals surface area contributed by atoms with Crippen LogP contribution in [0.15, 0.2) is 61.2 Å². The highest BCUT2D eigenvalue weighted by molar-refractivity contribution is 6.04. The summed E-state index contributed by atoms with van der Waals surface area (Å²) < 4.78 is 7.12. The minimum Gasteiger partial charge on any atom is -0.494 e. The van der Waals surface area contributed by atoms with Gasteiger partial charge < -0.3 is 10.1 Å². The molecule has 0 spiro atoms. The number of carbonyl (C=O) groups excluding carboxylic acids is 1. The maximum atomic E-state index is 12.4. The molecule has 6 nitrogen and oxygen atoms in total. The molecular weight excluding hydrogens is 292 g/mol. The van der Waals surface area contributed by atoms with Gasteiger partial charge in [0.1, 0.15) is 18.4 Å². The van der Waals surface area contributed by atoms with Crippen LogP contribution < -0.4 is 10.1 Å². The van der Waals surface area contributed by atoms with Crippen molar-refractivity contribution in [3.05, 3.63) is 66.7 Å². The maximum Gasteiger partial charge on any atom is 0.255 e. The van der Waals surface area contributed by atoms with E-state index in [0.29, 0.717) is 17.9 Å². The molecule has 0 radical (unpaired) electrons. The highest BCUT2D eigenvalue weighted by Crippen LogP contribution is 2.17. The van der Waals surface area contributed by atoms with E-state index in [2.05, 4.69) is 15.5 Å². The molecule has 23 heavy (non-hydrogen) atoms. The van der Waals surface area contributed by atoms with E-state index in [0.717, 1.165) is 11.4 Å². The Kier molecular flexibility index (Phi) is 4.33. The van der Waals surface area contributed by atoms with Gasteiger partial charge >= 0.3 is 0 Å². The number of carbonyl (C=O) groups is 1. The molecule has 0 saturated heterocycles. The Labute approximate surface area is 133 Å². The molecular formula is C17H16N4O2. The lowest BCUT2D eigenvalue weighted by Gasteiger charge is -2.08. The predicted octanol–water partition coefficient (Wildman–Crippen LogP) is 2.92. The lowest BCUT2D eigenvalue weighted by atomic mass is 10.2. The summed E-state index contributed by atoms with van der Waals surface area (Å²) in [5.41, 5.74) is 2.10. The number of anilines is 1. The van der Waals surface area contributed by atoms with Crippen LogP contribution in [0.3, 0.4) is 0 Å². The summed E-state index contributed by atoms with van der Waals surface area (Å²) in [5.74, 6) is 0.601. The van der Waals surface area contributed by atoms with E-state index in [1.54, 1.807) is 29.4 Å². The zero-order valence-corrected chi connectivity index (χ0v) is 12.6. The molecule has 0 aliphatic heterocycles. The second-order valence-corrected chi connectivity index (χ2v) is 4.83. The van der Waals surface area contributed by atoms with Gasteiger partial charge in [-0.15, -0.1) is 10.2 Å². The predicted molar refractivity (Wildman–Crippen MR) is 86.9 cm³/mol. The molecule has 6 heteroatoms. The van der Waals surface area contributed by atoms with Gasteiger partial charge in [0.15, 0.2) is 0 Å². The molecule has 3 aromatic rings. The average molecular weight is 308 g/mol. The molecule has 0 saturated carbocycles. The first-order chi connectivity index (χ1) is 11.3. The number of hydrogen-bond donors (Lipinski definition) is 1. The first-order valence-electron chi connectivity index (χ1n) is 7.25. The molecule has 0 aliphatic carbocycles. The van der Waals surface area contributed by atoms with Gasteiger partial charge in [-0.25, -0.2) is 0 Å². The third-order valence-electron chi connectivity index (χ3n) is 3.25. The van der Waals surface area contributed by atoms with Crippen molar-refractivity contribution in [1.82, 2.24) is 14.8 Å². The van der Waals surface area contributed by atoms with Crippen molar-refractivity contribution in [2.24, 2.45) is 0 Å². The zero-order valence-electron chi connectivity index (χ0n) is 12.6. The van der Waals surface area contributed by atoms with Crippen LogP contribution in [0.2, 0.25) is 0 Å². The van der Waals surface area contributed by atoms with Crippen LogP contribution in [0.5, 0.6) is 5.75 Å². The van der Waals surface area contributed by atoms with Crippen LogP contribution in [-0.4, -0.2) is 27.3 Å². The Balaban J connectivity index is 1.74. The van der Waals surface area contributed by atoms with E-state index < -0.39 is 0 Å². The number of nitrogens with zero attached hydrogens (tertiary/aromatic N) is 3. The van der Waals surface area contributed by atoms with E-state index in [-0.39, 0.29) is 5.91 Å². The van der Waals surface area contributed by atoms with Crippen LogP contribution in [0.1, 0.15) is 17.3 Å². The van der Waals surface area contributed by atoms with Gasteiger partial charge in [-0.2, -0.15) is 0 Å². The third-order valence-corrected chi connectivity index (χ3v) is 3.25. The van der Waals surface area contributed by atoms with Gasteiger partial charge in [-0.1, -0.05) is 6.07 Å². The highest BCUT2D eigenvalue weighted by Gasteiger charge is 2.08. The van der Waals surface area contributed by atoms with Crippen LogP contribution in [0.25, 0.3) is 5.69 Å². The number of ether oxygens (including phenoxy) is 1. The third kappa shape index (κ3) is 3.55. The normalized spacial score (nSPS) is 10.3. The van der Waals surface area contributed by atoms with E-state index in [4.69, 9.17) is 4.74 Å². The summed E-state index contributed by atoms with van der Waals surface area (Å²) in [7, 11) is 0. The smallest absolute Gasteiger partial charge is 0.255 e. The molecule has 2 aromatic carbocycles. The zero-order chi connectivity index (χ0) is 16.1. The fourth-order valence-electron chi connectivity index (χ4n) is 2.15.